The Morgan fingerprint density at radius 1 is 1.78 bits per heavy atom. The van der Waals surface area contributed by atoms with Gasteiger partial charge in [-0.3, -0.25) is 0 Å². The van der Waals surface area contributed by atoms with Crippen molar-refractivity contribution in [1.29, 1.82) is 0 Å². The minimum atomic E-state index is -0.415. The lowest BCUT2D eigenvalue weighted by Crippen LogP contribution is -2.20. The van der Waals surface area contributed by atoms with Crippen molar-refractivity contribution in [2.75, 3.05) is 0 Å². The predicted molar refractivity (Wildman–Crippen MR) is 32.4 cm³/mol. The van der Waals surface area contributed by atoms with Crippen molar-refractivity contribution < 1.29 is 9.63 Å². The third kappa shape index (κ3) is 2.28. The number of carbonyl (C=O) groups excluding carboxylic acids is 1. The van der Waals surface area contributed by atoms with Gasteiger partial charge in [0.1, 0.15) is 0 Å². The molecule has 0 amide bonds. The predicted octanol–water partition coefficient (Wildman–Crippen LogP) is 0.383. The van der Waals surface area contributed by atoms with Crippen LogP contribution in [0.15, 0.2) is 12.7 Å². The van der Waals surface area contributed by atoms with Crippen molar-refractivity contribution >= 4 is 5.97 Å². The summed E-state index contributed by atoms with van der Waals surface area (Å²) in [6, 6.07) is 0.397. The largest absolute Gasteiger partial charge is 0.367 e. The zero-order valence-electron chi connectivity index (χ0n) is 5.09. The van der Waals surface area contributed by atoms with Crippen LogP contribution in [0.2, 0.25) is 0 Å². The molecule has 0 aliphatic heterocycles. The maximum absolute atomic E-state index is 10.3. The van der Waals surface area contributed by atoms with Crippen LogP contribution in [0.3, 0.4) is 0 Å². The summed E-state index contributed by atoms with van der Waals surface area (Å²) in [6.45, 7) is 3.24. The Bertz CT molecular complexity index is 129. The molecular weight excluding hydrogens is 118 g/mol. The third-order valence-electron chi connectivity index (χ3n) is 1.07. The molecule has 1 fully saturated rings. The van der Waals surface area contributed by atoms with E-state index in [-0.39, 0.29) is 0 Å². The molecule has 1 aliphatic rings. The molecule has 1 N–H and O–H groups in total. The molecule has 1 aliphatic carbocycles. The summed E-state index contributed by atoms with van der Waals surface area (Å²) in [6.07, 6.45) is 3.34. The summed E-state index contributed by atoms with van der Waals surface area (Å²) >= 11 is 0. The molecule has 0 unspecified atom stereocenters. The van der Waals surface area contributed by atoms with Gasteiger partial charge in [0.25, 0.3) is 0 Å². The van der Waals surface area contributed by atoms with Crippen molar-refractivity contribution in [3.63, 3.8) is 0 Å². The average molecular weight is 127 g/mol. The van der Waals surface area contributed by atoms with Crippen molar-refractivity contribution in [2.45, 2.75) is 18.9 Å². The van der Waals surface area contributed by atoms with Crippen LogP contribution in [0, 0.1) is 0 Å². The number of carbonyl (C=O) groups is 1. The van der Waals surface area contributed by atoms with Gasteiger partial charge in [-0.15, -0.1) is 5.48 Å². The molecule has 3 nitrogen and oxygen atoms in total. The normalized spacial score (nSPS) is 16.9. The highest BCUT2D eigenvalue weighted by molar-refractivity contribution is 5.80. The van der Waals surface area contributed by atoms with Crippen LogP contribution in [0.25, 0.3) is 0 Å². The molecule has 0 aromatic carbocycles. The highest BCUT2D eigenvalue weighted by atomic mass is 16.7. The SMILES string of the molecule is C=CC(=O)ONC1CC1. The summed E-state index contributed by atoms with van der Waals surface area (Å²) in [5, 5.41) is 0. The fraction of sp³-hybridized carbons (Fsp3) is 0.500. The van der Waals surface area contributed by atoms with E-state index in [1.54, 1.807) is 0 Å². The van der Waals surface area contributed by atoms with E-state index in [0.29, 0.717) is 6.04 Å². The number of rotatable bonds is 3. The summed E-state index contributed by atoms with van der Waals surface area (Å²) in [5.41, 5.74) is 2.59. The third-order valence-corrected chi connectivity index (χ3v) is 1.07. The Hall–Kier alpha value is -0.830. The summed E-state index contributed by atoms with van der Waals surface area (Å²) in [5.74, 6) is -0.415. The highest BCUT2D eigenvalue weighted by Gasteiger charge is 2.21. The van der Waals surface area contributed by atoms with Crippen molar-refractivity contribution in [2.24, 2.45) is 0 Å². The van der Waals surface area contributed by atoms with Gasteiger partial charge in [-0.1, -0.05) is 6.58 Å². The van der Waals surface area contributed by atoms with E-state index in [9.17, 15) is 4.79 Å². The van der Waals surface area contributed by atoms with Gasteiger partial charge in [-0.25, -0.2) is 4.79 Å². The second-order valence-corrected chi connectivity index (χ2v) is 2.02. The zero-order chi connectivity index (χ0) is 6.69. The highest BCUT2D eigenvalue weighted by Crippen LogP contribution is 2.18. The lowest BCUT2D eigenvalue weighted by atomic mass is 10.7. The van der Waals surface area contributed by atoms with E-state index in [4.69, 9.17) is 0 Å². The van der Waals surface area contributed by atoms with Crippen molar-refractivity contribution in [3.05, 3.63) is 12.7 Å². The van der Waals surface area contributed by atoms with Crippen LogP contribution in [-0.2, 0) is 9.63 Å². The molecule has 0 atom stereocenters. The molecular formula is C6H9NO2. The fourth-order valence-corrected chi connectivity index (χ4v) is 0.384. The molecule has 0 heterocycles. The van der Waals surface area contributed by atoms with E-state index in [2.05, 4.69) is 16.9 Å². The summed E-state index contributed by atoms with van der Waals surface area (Å²) in [7, 11) is 0. The van der Waals surface area contributed by atoms with Gasteiger partial charge in [0.2, 0.25) is 0 Å². The van der Waals surface area contributed by atoms with Crippen molar-refractivity contribution in [3.8, 4) is 0 Å². The van der Waals surface area contributed by atoms with Gasteiger partial charge < -0.3 is 4.84 Å². The standard InChI is InChI=1S/C6H9NO2/c1-2-6(8)9-7-5-3-4-5/h2,5,7H,1,3-4H2. The molecule has 0 saturated heterocycles. The molecule has 3 heteroatoms. The van der Waals surface area contributed by atoms with E-state index >= 15 is 0 Å². The van der Waals surface area contributed by atoms with Crippen LogP contribution in [0.4, 0.5) is 0 Å². The molecule has 0 bridgehead atoms. The van der Waals surface area contributed by atoms with E-state index < -0.39 is 5.97 Å². The van der Waals surface area contributed by atoms with Crippen LogP contribution in [0.1, 0.15) is 12.8 Å². The fourth-order valence-electron chi connectivity index (χ4n) is 0.384. The first-order chi connectivity index (χ1) is 4.33. The zero-order valence-corrected chi connectivity index (χ0v) is 5.09. The Kier molecular flexibility index (Phi) is 1.85. The smallest absolute Gasteiger partial charge is 0.348 e. The van der Waals surface area contributed by atoms with Crippen LogP contribution in [0.5, 0.6) is 0 Å². The number of hydrogen-bond donors (Lipinski definition) is 1. The lowest BCUT2D eigenvalue weighted by molar-refractivity contribution is -0.145. The molecule has 0 aromatic rings. The second kappa shape index (κ2) is 2.64. The first-order valence-corrected chi connectivity index (χ1v) is 2.91. The molecule has 0 spiro atoms. The lowest BCUT2D eigenvalue weighted by Gasteiger charge is -1.98. The Morgan fingerprint density at radius 3 is 2.89 bits per heavy atom. The summed E-state index contributed by atoms with van der Waals surface area (Å²) in [4.78, 5) is 14.8. The Balaban J connectivity index is 2.02. The van der Waals surface area contributed by atoms with Crippen molar-refractivity contribution in [1.82, 2.24) is 5.48 Å². The minimum Gasteiger partial charge on any atom is -0.367 e. The molecule has 9 heavy (non-hydrogen) atoms. The topological polar surface area (TPSA) is 38.3 Å². The van der Waals surface area contributed by atoms with Gasteiger partial charge in [0, 0.05) is 12.1 Å². The van der Waals surface area contributed by atoms with E-state index in [0.717, 1.165) is 18.9 Å². The van der Waals surface area contributed by atoms with Gasteiger partial charge >= 0.3 is 5.97 Å². The maximum atomic E-state index is 10.3. The van der Waals surface area contributed by atoms with Gasteiger partial charge in [0.05, 0.1) is 0 Å². The van der Waals surface area contributed by atoms with Crippen LogP contribution < -0.4 is 5.48 Å². The first-order valence-electron chi connectivity index (χ1n) is 2.91. The minimum absolute atomic E-state index is 0.397. The Labute approximate surface area is 53.6 Å². The molecule has 1 rings (SSSR count). The van der Waals surface area contributed by atoms with Gasteiger partial charge in [0.15, 0.2) is 0 Å². The number of hydroxylamine groups is 1. The Morgan fingerprint density at radius 2 is 2.44 bits per heavy atom. The van der Waals surface area contributed by atoms with Gasteiger partial charge in [-0.2, -0.15) is 0 Å². The molecule has 0 radical (unpaired) electrons. The quantitative estimate of drug-likeness (QED) is 0.440. The van der Waals surface area contributed by atoms with Gasteiger partial charge in [-0.05, 0) is 12.8 Å². The van der Waals surface area contributed by atoms with Crippen LogP contribution in [-0.4, -0.2) is 12.0 Å². The van der Waals surface area contributed by atoms with E-state index in [1.165, 1.54) is 0 Å². The average Bonchev–Trinajstić information content (AvgIpc) is 2.65. The maximum Gasteiger partial charge on any atom is 0.348 e. The monoisotopic (exact) mass is 127 g/mol. The summed E-state index contributed by atoms with van der Waals surface area (Å²) < 4.78 is 0. The molecule has 50 valence electrons. The number of nitrogens with one attached hydrogen (secondary N) is 1. The first kappa shape index (κ1) is 6.29. The van der Waals surface area contributed by atoms with E-state index in [1.807, 2.05) is 0 Å². The molecule has 0 aromatic heterocycles. The van der Waals surface area contributed by atoms with Crippen LogP contribution >= 0.6 is 0 Å². The second-order valence-electron chi connectivity index (χ2n) is 2.02. The number of hydrogen-bond acceptors (Lipinski definition) is 3. The molecule has 1 saturated carbocycles.